The van der Waals surface area contributed by atoms with Crippen molar-refractivity contribution in [3.05, 3.63) is 47.5 Å². The van der Waals surface area contributed by atoms with E-state index < -0.39 is 35.6 Å². The maximum absolute atomic E-state index is 14.3. The van der Waals surface area contributed by atoms with Crippen LogP contribution in [0.2, 0.25) is 0 Å². The SMILES string of the molecule is C[C@@H](Nc1ccn2ncc(C(=O)O)c2n1)c1cc(F)cc2c1O[C@H](CNC(=O)OC(C)(C)C)CO2. The van der Waals surface area contributed by atoms with Crippen LogP contribution in [0, 0.1) is 5.82 Å². The molecule has 1 amide bonds. The summed E-state index contributed by atoms with van der Waals surface area (Å²) in [5.41, 5.74) is -0.0352. The van der Waals surface area contributed by atoms with Crippen LogP contribution >= 0.6 is 0 Å². The van der Waals surface area contributed by atoms with Crippen molar-refractivity contribution in [3.8, 4) is 11.5 Å². The fourth-order valence-electron chi connectivity index (χ4n) is 3.54. The van der Waals surface area contributed by atoms with E-state index in [-0.39, 0.29) is 30.1 Å². The molecule has 2 atom stereocenters. The van der Waals surface area contributed by atoms with Gasteiger partial charge in [0, 0.05) is 17.8 Å². The third-order valence-corrected chi connectivity index (χ3v) is 5.06. The maximum atomic E-state index is 14.3. The van der Waals surface area contributed by atoms with E-state index >= 15 is 0 Å². The number of nitrogens with one attached hydrogen (secondary N) is 2. The Morgan fingerprint density at radius 2 is 2.14 bits per heavy atom. The number of carboxylic acid groups (broad SMARTS) is 1. The van der Waals surface area contributed by atoms with Gasteiger partial charge in [0.25, 0.3) is 0 Å². The van der Waals surface area contributed by atoms with Crippen LogP contribution in [-0.4, -0.2) is 56.6 Å². The zero-order valence-electron chi connectivity index (χ0n) is 19.7. The Morgan fingerprint density at radius 3 is 2.86 bits per heavy atom. The third-order valence-electron chi connectivity index (χ3n) is 5.06. The fraction of sp³-hybridized carbons (Fsp3) is 0.391. The van der Waals surface area contributed by atoms with E-state index in [1.807, 2.05) is 0 Å². The van der Waals surface area contributed by atoms with Crippen molar-refractivity contribution in [1.29, 1.82) is 0 Å². The van der Waals surface area contributed by atoms with E-state index in [4.69, 9.17) is 14.2 Å². The number of carbonyl (C=O) groups is 2. The summed E-state index contributed by atoms with van der Waals surface area (Å²) in [5, 5.41) is 19.1. The van der Waals surface area contributed by atoms with Crippen LogP contribution in [0.4, 0.5) is 15.0 Å². The lowest BCUT2D eigenvalue weighted by Crippen LogP contribution is -2.42. The summed E-state index contributed by atoms with van der Waals surface area (Å²) in [6, 6.07) is 3.69. The summed E-state index contributed by atoms with van der Waals surface area (Å²) < 4.78 is 32.7. The second kappa shape index (κ2) is 9.28. The van der Waals surface area contributed by atoms with E-state index in [1.165, 1.54) is 22.8 Å². The van der Waals surface area contributed by atoms with Gasteiger partial charge in [-0.15, -0.1) is 0 Å². The largest absolute Gasteiger partial charge is 0.486 e. The number of carbonyl (C=O) groups excluding carboxylic acids is 1. The number of aromatic nitrogens is 3. The van der Waals surface area contributed by atoms with Crippen LogP contribution in [0.1, 0.15) is 49.7 Å². The number of aromatic carboxylic acids is 1. The molecule has 0 saturated heterocycles. The standard InChI is InChI=1S/C23H26FN5O6/c1-12(27-18-5-6-29-20(28-18)16(10-26-29)21(30)31)15-7-13(24)8-17-19(15)34-14(11-33-17)9-25-22(32)35-23(2,3)4/h5-8,10,12,14H,9,11H2,1-4H3,(H,25,32)(H,27,28)(H,30,31)/t12-,14-/m1/s1. The summed E-state index contributed by atoms with van der Waals surface area (Å²) in [6.45, 7) is 7.32. The summed E-state index contributed by atoms with van der Waals surface area (Å²) in [6.07, 6.45) is 1.69. The Bertz CT molecular complexity index is 1270. The minimum absolute atomic E-state index is 0.0403. The minimum Gasteiger partial charge on any atom is -0.486 e. The Balaban J connectivity index is 1.51. The number of anilines is 1. The zero-order chi connectivity index (χ0) is 25.3. The molecule has 0 fully saturated rings. The Labute approximate surface area is 200 Å². The zero-order valence-corrected chi connectivity index (χ0v) is 19.7. The van der Waals surface area contributed by atoms with Crippen LogP contribution in [-0.2, 0) is 4.74 Å². The molecule has 0 spiro atoms. The summed E-state index contributed by atoms with van der Waals surface area (Å²) in [4.78, 5) is 27.7. The Morgan fingerprint density at radius 1 is 1.37 bits per heavy atom. The number of hydrogen-bond acceptors (Lipinski definition) is 8. The molecule has 0 saturated carbocycles. The molecule has 0 bridgehead atoms. The van der Waals surface area contributed by atoms with Crippen LogP contribution in [0.3, 0.4) is 0 Å². The van der Waals surface area contributed by atoms with Crippen molar-refractivity contribution in [3.63, 3.8) is 0 Å². The number of carboxylic acids is 1. The highest BCUT2D eigenvalue weighted by Crippen LogP contribution is 2.40. The average molecular weight is 487 g/mol. The molecule has 0 radical (unpaired) electrons. The molecule has 11 nitrogen and oxygen atoms in total. The number of hydrogen-bond donors (Lipinski definition) is 3. The Hall–Kier alpha value is -4.09. The van der Waals surface area contributed by atoms with Gasteiger partial charge in [-0.25, -0.2) is 23.5 Å². The number of amides is 1. The number of fused-ring (bicyclic) bond motifs is 2. The van der Waals surface area contributed by atoms with Crippen LogP contribution < -0.4 is 20.1 Å². The lowest BCUT2D eigenvalue weighted by molar-refractivity contribution is 0.0450. The molecule has 3 N–H and O–H groups in total. The van der Waals surface area contributed by atoms with Gasteiger partial charge in [0.1, 0.15) is 29.4 Å². The highest BCUT2D eigenvalue weighted by Gasteiger charge is 2.28. The van der Waals surface area contributed by atoms with Crippen molar-refractivity contribution in [2.45, 2.75) is 45.4 Å². The molecule has 1 aromatic carbocycles. The highest BCUT2D eigenvalue weighted by atomic mass is 19.1. The van der Waals surface area contributed by atoms with Gasteiger partial charge < -0.3 is 30.0 Å². The van der Waals surface area contributed by atoms with Crippen molar-refractivity contribution in [2.24, 2.45) is 0 Å². The van der Waals surface area contributed by atoms with Gasteiger partial charge in [-0.05, 0) is 39.8 Å². The molecular weight excluding hydrogens is 461 g/mol. The maximum Gasteiger partial charge on any atom is 0.407 e. The molecule has 0 unspecified atom stereocenters. The monoisotopic (exact) mass is 487 g/mol. The first kappa shape index (κ1) is 24.0. The molecular formula is C23H26FN5O6. The van der Waals surface area contributed by atoms with Gasteiger partial charge in [-0.3, -0.25) is 0 Å². The van der Waals surface area contributed by atoms with Gasteiger partial charge in [0.15, 0.2) is 23.3 Å². The van der Waals surface area contributed by atoms with Crippen molar-refractivity contribution in [2.75, 3.05) is 18.5 Å². The van der Waals surface area contributed by atoms with Crippen LogP contribution in [0.25, 0.3) is 5.65 Å². The molecule has 1 aliphatic heterocycles. The molecule has 12 heteroatoms. The molecule has 35 heavy (non-hydrogen) atoms. The lowest BCUT2D eigenvalue weighted by Gasteiger charge is -2.30. The van der Waals surface area contributed by atoms with Gasteiger partial charge in [-0.1, -0.05) is 0 Å². The smallest absolute Gasteiger partial charge is 0.407 e. The van der Waals surface area contributed by atoms with Crippen molar-refractivity contribution >= 4 is 23.5 Å². The molecule has 186 valence electrons. The van der Waals surface area contributed by atoms with E-state index in [2.05, 4.69) is 20.7 Å². The highest BCUT2D eigenvalue weighted by molar-refractivity contribution is 5.94. The predicted molar refractivity (Wildman–Crippen MR) is 123 cm³/mol. The van der Waals surface area contributed by atoms with Crippen molar-refractivity contribution in [1.82, 2.24) is 19.9 Å². The fourth-order valence-corrected chi connectivity index (χ4v) is 3.54. The molecule has 4 rings (SSSR count). The molecule has 0 aliphatic carbocycles. The van der Waals surface area contributed by atoms with E-state index in [0.29, 0.717) is 17.1 Å². The average Bonchev–Trinajstić information content (AvgIpc) is 3.19. The predicted octanol–water partition coefficient (Wildman–Crippen LogP) is 3.40. The second-order valence-corrected chi connectivity index (χ2v) is 9.07. The van der Waals surface area contributed by atoms with Gasteiger partial charge in [0.05, 0.1) is 18.8 Å². The number of nitrogens with zero attached hydrogens (tertiary/aromatic N) is 3. The summed E-state index contributed by atoms with van der Waals surface area (Å²) in [5.74, 6) is -0.701. The number of halogens is 1. The number of alkyl carbamates (subject to hydrolysis) is 1. The number of rotatable bonds is 6. The number of benzene rings is 1. The number of ether oxygens (including phenoxy) is 3. The first-order valence-electron chi connectivity index (χ1n) is 10.9. The van der Waals surface area contributed by atoms with Crippen LogP contribution in [0.5, 0.6) is 11.5 Å². The molecule has 3 heterocycles. The van der Waals surface area contributed by atoms with Crippen molar-refractivity contribution < 1.29 is 33.3 Å². The Kier molecular flexibility index (Phi) is 6.37. The molecule has 1 aliphatic rings. The van der Waals surface area contributed by atoms with E-state index in [9.17, 15) is 19.1 Å². The first-order valence-corrected chi connectivity index (χ1v) is 10.9. The molecule has 3 aromatic rings. The van der Waals surface area contributed by atoms with Crippen LogP contribution in [0.15, 0.2) is 30.6 Å². The summed E-state index contributed by atoms with van der Waals surface area (Å²) >= 11 is 0. The lowest BCUT2D eigenvalue weighted by atomic mass is 10.1. The van der Waals surface area contributed by atoms with E-state index in [1.54, 1.807) is 40.0 Å². The first-order chi connectivity index (χ1) is 16.5. The quantitative estimate of drug-likeness (QED) is 0.478. The van der Waals surface area contributed by atoms with Gasteiger partial charge in [-0.2, -0.15) is 5.10 Å². The topological polar surface area (TPSA) is 136 Å². The molecule has 2 aromatic heterocycles. The summed E-state index contributed by atoms with van der Waals surface area (Å²) in [7, 11) is 0. The third kappa shape index (κ3) is 5.53. The van der Waals surface area contributed by atoms with Gasteiger partial charge >= 0.3 is 12.1 Å². The second-order valence-electron chi connectivity index (χ2n) is 9.07. The van der Waals surface area contributed by atoms with Gasteiger partial charge in [0.2, 0.25) is 0 Å². The minimum atomic E-state index is -1.14. The van der Waals surface area contributed by atoms with E-state index in [0.717, 1.165) is 0 Å². The normalized spacial score (nSPS) is 16.0.